The van der Waals surface area contributed by atoms with Crippen molar-refractivity contribution >= 4 is 66.9 Å². The Hall–Kier alpha value is -2.59. The molecule has 2 heterocycles. The smallest absolute Gasteiger partial charge is 0.316 e. The molecule has 2 saturated heterocycles. The number of carbonyl (C=O) groups is 4. The van der Waals surface area contributed by atoms with Gasteiger partial charge in [-0.15, -0.1) is 0 Å². The summed E-state index contributed by atoms with van der Waals surface area (Å²) in [4.78, 5) is 54.4. The molecule has 2 aromatic carbocycles. The highest BCUT2D eigenvalue weighted by molar-refractivity contribution is 9.12. The first-order valence-electron chi connectivity index (χ1n) is 11.7. The minimum absolute atomic E-state index is 0.00400. The van der Waals surface area contributed by atoms with Crippen LogP contribution in [0.15, 0.2) is 42.5 Å². The number of fused-ring (bicyclic) bond motifs is 1. The maximum Gasteiger partial charge on any atom is 0.316 e. The highest BCUT2D eigenvalue weighted by Crippen LogP contribution is 2.45. The Kier molecular flexibility index (Phi) is 6.76. The minimum atomic E-state index is -0.665. The van der Waals surface area contributed by atoms with Crippen LogP contribution in [0, 0.1) is 30.5 Å². The lowest BCUT2D eigenvalue weighted by atomic mass is 9.81. The second kappa shape index (κ2) is 9.70. The molecule has 3 amide bonds. The molecule has 36 heavy (non-hydrogen) atoms. The summed E-state index contributed by atoms with van der Waals surface area (Å²) < 4.78 is 18.8. The molecule has 0 unspecified atom stereocenters. The van der Waals surface area contributed by atoms with Crippen molar-refractivity contribution in [3.05, 3.63) is 53.8 Å². The molecule has 0 radical (unpaired) electrons. The Bertz CT molecular complexity index is 1230. The van der Waals surface area contributed by atoms with Gasteiger partial charge in [-0.25, -0.2) is 9.29 Å². The third-order valence-corrected chi connectivity index (χ3v) is 9.87. The van der Waals surface area contributed by atoms with Crippen molar-refractivity contribution in [1.29, 1.82) is 0 Å². The summed E-state index contributed by atoms with van der Waals surface area (Å²) in [5.41, 5.74) is 1.63. The molecule has 0 aromatic heterocycles. The summed E-state index contributed by atoms with van der Waals surface area (Å²) in [5.74, 6) is -2.69. The van der Waals surface area contributed by atoms with E-state index in [1.165, 1.54) is 34.1 Å². The van der Waals surface area contributed by atoms with E-state index in [2.05, 4.69) is 31.9 Å². The Balaban J connectivity index is 1.28. The van der Waals surface area contributed by atoms with Crippen LogP contribution in [-0.2, 0) is 19.2 Å². The molecule has 2 aromatic rings. The molecule has 0 N–H and O–H groups in total. The Morgan fingerprint density at radius 2 is 1.58 bits per heavy atom. The van der Waals surface area contributed by atoms with E-state index in [0.717, 1.165) is 0 Å². The summed E-state index contributed by atoms with van der Waals surface area (Å²) in [6.07, 6.45) is 1.17. The number of hydrogen-bond acceptors (Lipinski definition) is 5. The first-order valence-corrected chi connectivity index (χ1v) is 13.5. The standard InChI is InChI=1S/C26H23Br2FN2O5/c1-13-8-17(36-26(35)14-9-23(32)30(12-14)16-4-2-15(29)3-5-16)6-7-22(13)31-24(33)18-10-20(27)21(28)11-19(18)25(31)34/h2-8,14,18-21H,9-12H2,1H3/t14-,18-,19-,20+,21+/m1/s1. The quantitative estimate of drug-likeness (QED) is 0.217. The van der Waals surface area contributed by atoms with Crippen LogP contribution in [0.4, 0.5) is 15.8 Å². The molecule has 0 bridgehead atoms. The van der Waals surface area contributed by atoms with E-state index in [1.54, 1.807) is 25.1 Å². The second-order valence-corrected chi connectivity index (χ2v) is 11.8. The number of aryl methyl sites for hydroxylation is 1. The number of nitrogens with zero attached hydrogens (tertiary/aromatic N) is 2. The fourth-order valence-corrected chi connectivity index (χ4v) is 6.45. The van der Waals surface area contributed by atoms with Crippen molar-refractivity contribution in [2.24, 2.45) is 17.8 Å². The van der Waals surface area contributed by atoms with E-state index in [1.807, 2.05) is 0 Å². The van der Waals surface area contributed by atoms with Gasteiger partial charge in [-0.05, 0) is 67.8 Å². The van der Waals surface area contributed by atoms with E-state index in [-0.39, 0.29) is 57.9 Å². The number of imide groups is 1. The molecule has 10 heteroatoms. The zero-order valence-electron chi connectivity index (χ0n) is 19.3. The number of carbonyl (C=O) groups excluding carboxylic acids is 4. The Morgan fingerprint density at radius 1 is 0.972 bits per heavy atom. The average Bonchev–Trinajstić information content (AvgIpc) is 3.33. The average molecular weight is 622 g/mol. The van der Waals surface area contributed by atoms with Crippen molar-refractivity contribution in [2.45, 2.75) is 35.8 Å². The number of alkyl halides is 2. The van der Waals surface area contributed by atoms with Crippen LogP contribution in [0.5, 0.6) is 5.75 Å². The van der Waals surface area contributed by atoms with E-state index in [4.69, 9.17) is 4.74 Å². The molecular weight excluding hydrogens is 599 g/mol. The maximum absolute atomic E-state index is 13.2. The van der Waals surface area contributed by atoms with Gasteiger partial charge < -0.3 is 9.64 Å². The zero-order valence-corrected chi connectivity index (χ0v) is 22.5. The van der Waals surface area contributed by atoms with Gasteiger partial charge >= 0.3 is 5.97 Å². The van der Waals surface area contributed by atoms with Gasteiger partial charge in [0, 0.05) is 28.3 Å². The van der Waals surface area contributed by atoms with E-state index >= 15 is 0 Å². The molecule has 1 saturated carbocycles. The lowest BCUT2D eigenvalue weighted by Gasteiger charge is -2.29. The lowest BCUT2D eigenvalue weighted by Crippen LogP contribution is -2.34. The first kappa shape index (κ1) is 25.1. The second-order valence-electron chi connectivity index (χ2n) is 9.48. The topological polar surface area (TPSA) is 84.0 Å². The molecule has 5 rings (SSSR count). The molecular formula is C26H23Br2FN2O5. The number of halogens is 3. The SMILES string of the molecule is Cc1cc(OC(=O)[C@@H]2CC(=O)N(c3ccc(F)cc3)C2)ccc1N1C(=O)[C@@H]2C[C@H](Br)[C@@H](Br)C[C@H]2C1=O. The van der Waals surface area contributed by atoms with E-state index < -0.39 is 17.7 Å². The summed E-state index contributed by atoms with van der Waals surface area (Å²) in [7, 11) is 0. The predicted molar refractivity (Wildman–Crippen MR) is 138 cm³/mol. The van der Waals surface area contributed by atoms with Gasteiger partial charge in [0.2, 0.25) is 17.7 Å². The van der Waals surface area contributed by atoms with Gasteiger partial charge in [0.15, 0.2) is 0 Å². The third kappa shape index (κ3) is 4.49. The largest absolute Gasteiger partial charge is 0.426 e. The summed E-state index contributed by atoms with van der Waals surface area (Å²) >= 11 is 7.19. The van der Waals surface area contributed by atoms with Crippen LogP contribution in [0.2, 0.25) is 0 Å². The highest BCUT2D eigenvalue weighted by Gasteiger charge is 2.52. The summed E-state index contributed by atoms with van der Waals surface area (Å²) in [5, 5.41) is 0. The van der Waals surface area contributed by atoms with Gasteiger partial charge in [-0.1, -0.05) is 31.9 Å². The Labute approximate surface area is 224 Å². The normalized spacial score (nSPS) is 28.0. The van der Waals surface area contributed by atoms with Gasteiger partial charge in [-0.2, -0.15) is 0 Å². The van der Waals surface area contributed by atoms with Crippen LogP contribution in [0.3, 0.4) is 0 Å². The van der Waals surface area contributed by atoms with Gasteiger partial charge in [0.05, 0.1) is 23.4 Å². The van der Waals surface area contributed by atoms with Crippen molar-refractivity contribution in [3.63, 3.8) is 0 Å². The van der Waals surface area contributed by atoms with Gasteiger partial charge in [-0.3, -0.25) is 19.2 Å². The van der Waals surface area contributed by atoms with Crippen LogP contribution in [0.25, 0.3) is 0 Å². The number of ether oxygens (including phenoxy) is 1. The van der Waals surface area contributed by atoms with Crippen LogP contribution >= 0.6 is 31.9 Å². The number of hydrogen-bond donors (Lipinski definition) is 0. The van der Waals surface area contributed by atoms with Crippen molar-refractivity contribution in [2.75, 3.05) is 16.3 Å². The monoisotopic (exact) mass is 620 g/mol. The van der Waals surface area contributed by atoms with Crippen molar-refractivity contribution < 1.29 is 28.3 Å². The highest BCUT2D eigenvalue weighted by atomic mass is 79.9. The fraction of sp³-hybridized carbons (Fsp3) is 0.385. The number of anilines is 2. The molecule has 1 aliphatic carbocycles. The van der Waals surface area contributed by atoms with E-state index in [0.29, 0.717) is 29.8 Å². The molecule has 3 aliphatic rings. The lowest BCUT2D eigenvalue weighted by molar-refractivity contribution is -0.139. The Morgan fingerprint density at radius 3 is 2.17 bits per heavy atom. The van der Waals surface area contributed by atoms with Gasteiger partial charge in [0.25, 0.3) is 0 Å². The van der Waals surface area contributed by atoms with Crippen molar-refractivity contribution in [3.8, 4) is 5.75 Å². The maximum atomic E-state index is 13.2. The number of benzene rings is 2. The van der Waals surface area contributed by atoms with Gasteiger partial charge in [0.1, 0.15) is 11.6 Å². The number of esters is 1. The molecule has 2 aliphatic heterocycles. The number of rotatable bonds is 4. The van der Waals surface area contributed by atoms with Crippen LogP contribution in [-0.4, -0.2) is 39.9 Å². The van der Waals surface area contributed by atoms with Crippen molar-refractivity contribution in [1.82, 2.24) is 0 Å². The molecule has 188 valence electrons. The zero-order chi connectivity index (χ0) is 25.7. The van der Waals surface area contributed by atoms with E-state index in [9.17, 15) is 23.6 Å². The minimum Gasteiger partial charge on any atom is -0.426 e. The van der Waals surface area contributed by atoms with Crippen LogP contribution in [0.1, 0.15) is 24.8 Å². The fourth-order valence-electron chi connectivity index (χ4n) is 5.21. The number of amides is 3. The summed E-state index contributed by atoms with van der Waals surface area (Å²) in [6, 6.07) is 10.3. The van der Waals surface area contributed by atoms with Crippen LogP contribution < -0.4 is 14.5 Å². The molecule has 3 fully saturated rings. The molecule has 7 nitrogen and oxygen atoms in total. The first-order chi connectivity index (χ1) is 17.1. The molecule has 5 atom stereocenters. The summed E-state index contributed by atoms with van der Waals surface area (Å²) in [6.45, 7) is 1.90. The third-order valence-electron chi connectivity index (χ3n) is 7.14. The predicted octanol–water partition coefficient (Wildman–Crippen LogP) is 4.52. The molecule has 0 spiro atoms.